The number of hydrogen-bond acceptors (Lipinski definition) is 4. The van der Waals surface area contributed by atoms with Gasteiger partial charge in [0.1, 0.15) is 5.75 Å². The van der Waals surface area contributed by atoms with E-state index in [1.165, 1.54) is 11.3 Å². The van der Waals surface area contributed by atoms with Gasteiger partial charge in [-0.25, -0.2) is 0 Å². The van der Waals surface area contributed by atoms with Gasteiger partial charge in [-0.15, -0.1) is 11.3 Å². The minimum absolute atomic E-state index is 0.146. The second-order valence-corrected chi connectivity index (χ2v) is 6.66. The van der Waals surface area contributed by atoms with Gasteiger partial charge in [0, 0.05) is 18.2 Å². The van der Waals surface area contributed by atoms with Crippen molar-refractivity contribution in [3.63, 3.8) is 0 Å². The average molecular weight is 365 g/mol. The predicted molar refractivity (Wildman–Crippen MR) is 86.8 cm³/mol. The van der Waals surface area contributed by atoms with E-state index in [4.69, 9.17) is 10.00 Å². The third-order valence-electron chi connectivity index (χ3n) is 2.59. The quantitative estimate of drug-likeness (QED) is 0.770. The molecular weight excluding hydrogens is 352 g/mol. The van der Waals surface area contributed by atoms with E-state index in [1.807, 2.05) is 24.3 Å². The maximum atomic E-state index is 12.0. The summed E-state index contributed by atoms with van der Waals surface area (Å²) in [4.78, 5) is 12.7. The summed E-state index contributed by atoms with van der Waals surface area (Å²) >= 11 is 4.72. The molecule has 0 aliphatic carbocycles. The normalized spacial score (nSPS) is 9.90. The lowest BCUT2D eigenvalue weighted by atomic mass is 10.3. The van der Waals surface area contributed by atoms with Crippen molar-refractivity contribution in [2.24, 2.45) is 0 Å². The van der Waals surface area contributed by atoms with Crippen LogP contribution in [0.25, 0.3) is 0 Å². The Hall–Kier alpha value is -1.84. The molecule has 6 heteroatoms. The number of anilines is 1. The largest absolute Gasteiger partial charge is 0.493 e. The molecule has 1 aromatic heterocycles. The summed E-state index contributed by atoms with van der Waals surface area (Å²) < 4.78 is 6.45. The summed E-state index contributed by atoms with van der Waals surface area (Å²) in [5.74, 6) is 0.533. The first kappa shape index (κ1) is 15.5. The van der Waals surface area contributed by atoms with Gasteiger partial charge in [-0.05, 0) is 46.6 Å². The van der Waals surface area contributed by atoms with Gasteiger partial charge in [0.25, 0.3) is 5.91 Å². The van der Waals surface area contributed by atoms with Crippen molar-refractivity contribution in [1.82, 2.24) is 0 Å². The highest BCUT2D eigenvalue weighted by Gasteiger charge is 2.09. The monoisotopic (exact) mass is 364 g/mol. The van der Waals surface area contributed by atoms with Crippen LogP contribution >= 0.6 is 27.3 Å². The highest BCUT2D eigenvalue weighted by atomic mass is 79.9. The lowest BCUT2D eigenvalue weighted by Crippen LogP contribution is -2.10. The van der Waals surface area contributed by atoms with Crippen LogP contribution in [-0.4, -0.2) is 12.5 Å². The first-order chi connectivity index (χ1) is 10.2. The molecular formula is C15H13BrN2O2S. The minimum atomic E-state index is -0.146. The maximum Gasteiger partial charge on any atom is 0.265 e. The number of nitrogens with zero attached hydrogens (tertiary/aromatic N) is 1. The van der Waals surface area contributed by atoms with Crippen LogP contribution in [0.3, 0.4) is 0 Å². The number of ether oxygens (including phenoxy) is 1. The smallest absolute Gasteiger partial charge is 0.265 e. The molecule has 1 aromatic carbocycles. The van der Waals surface area contributed by atoms with Gasteiger partial charge < -0.3 is 10.1 Å². The maximum absolute atomic E-state index is 12.0. The zero-order valence-electron chi connectivity index (χ0n) is 11.1. The Labute approximate surface area is 135 Å². The first-order valence-corrected chi connectivity index (χ1v) is 7.96. The van der Waals surface area contributed by atoms with Crippen LogP contribution in [-0.2, 0) is 0 Å². The molecule has 0 spiro atoms. The summed E-state index contributed by atoms with van der Waals surface area (Å²) in [6.45, 7) is 0.489. The standard InChI is InChI=1S/C15H13BrN2O2S/c16-14-7-6-13(21-14)15(19)18-11-4-3-5-12(10-11)20-9-2-1-8-17/h3-7,10H,1-2,9H2,(H,18,19). The Kier molecular flexibility index (Phi) is 5.78. The van der Waals surface area contributed by atoms with Gasteiger partial charge in [0.15, 0.2) is 0 Å². The molecule has 21 heavy (non-hydrogen) atoms. The van der Waals surface area contributed by atoms with Crippen molar-refractivity contribution in [3.05, 3.63) is 45.1 Å². The number of amides is 1. The summed E-state index contributed by atoms with van der Waals surface area (Å²) in [7, 11) is 0. The van der Waals surface area contributed by atoms with E-state index in [0.717, 1.165) is 3.79 Å². The number of halogens is 1. The Morgan fingerprint density at radius 1 is 1.38 bits per heavy atom. The molecule has 0 unspecified atom stereocenters. The Morgan fingerprint density at radius 2 is 2.24 bits per heavy atom. The van der Waals surface area contributed by atoms with Gasteiger partial charge in [0.2, 0.25) is 0 Å². The Bertz CT molecular complexity index is 664. The summed E-state index contributed by atoms with van der Waals surface area (Å²) in [5.41, 5.74) is 0.683. The molecule has 1 heterocycles. The van der Waals surface area contributed by atoms with Gasteiger partial charge in [0.05, 0.1) is 21.3 Å². The Morgan fingerprint density at radius 3 is 2.95 bits per heavy atom. The van der Waals surface area contributed by atoms with E-state index >= 15 is 0 Å². The van der Waals surface area contributed by atoms with E-state index in [2.05, 4.69) is 27.3 Å². The highest BCUT2D eigenvalue weighted by Crippen LogP contribution is 2.24. The van der Waals surface area contributed by atoms with Crippen molar-refractivity contribution in [2.75, 3.05) is 11.9 Å². The minimum Gasteiger partial charge on any atom is -0.493 e. The van der Waals surface area contributed by atoms with Crippen LogP contribution in [0.2, 0.25) is 0 Å². The molecule has 0 aliphatic heterocycles. The molecule has 2 rings (SSSR count). The molecule has 1 N–H and O–H groups in total. The fourth-order valence-corrected chi connectivity index (χ4v) is 2.92. The molecule has 2 aromatic rings. The van der Waals surface area contributed by atoms with Gasteiger partial charge >= 0.3 is 0 Å². The number of rotatable bonds is 6. The lowest BCUT2D eigenvalue weighted by Gasteiger charge is -2.08. The zero-order valence-corrected chi connectivity index (χ0v) is 13.5. The zero-order chi connectivity index (χ0) is 15.1. The molecule has 0 radical (unpaired) electrons. The number of carbonyl (C=O) groups is 1. The molecule has 0 saturated heterocycles. The molecule has 0 fully saturated rings. The first-order valence-electron chi connectivity index (χ1n) is 6.35. The molecule has 1 amide bonds. The fraction of sp³-hybridized carbons (Fsp3) is 0.200. The number of thiophene rings is 1. The average Bonchev–Trinajstić information content (AvgIpc) is 2.91. The number of hydrogen-bond donors (Lipinski definition) is 1. The van der Waals surface area contributed by atoms with Gasteiger partial charge in [-0.1, -0.05) is 6.07 Å². The Balaban J connectivity index is 1.94. The van der Waals surface area contributed by atoms with Crippen molar-refractivity contribution < 1.29 is 9.53 Å². The van der Waals surface area contributed by atoms with Crippen LogP contribution in [0.4, 0.5) is 5.69 Å². The topological polar surface area (TPSA) is 62.1 Å². The highest BCUT2D eigenvalue weighted by molar-refractivity contribution is 9.11. The van der Waals surface area contributed by atoms with Crippen LogP contribution in [0, 0.1) is 11.3 Å². The molecule has 0 saturated carbocycles. The third-order valence-corrected chi connectivity index (χ3v) is 4.21. The fourth-order valence-electron chi connectivity index (χ4n) is 1.63. The van der Waals surface area contributed by atoms with Gasteiger partial charge in [-0.2, -0.15) is 5.26 Å². The molecule has 0 bridgehead atoms. The van der Waals surface area contributed by atoms with E-state index in [9.17, 15) is 4.79 Å². The molecule has 0 aliphatic rings. The van der Waals surface area contributed by atoms with E-state index in [-0.39, 0.29) is 5.91 Å². The van der Waals surface area contributed by atoms with Crippen LogP contribution in [0.1, 0.15) is 22.5 Å². The van der Waals surface area contributed by atoms with Crippen LogP contribution in [0.5, 0.6) is 5.75 Å². The number of nitrogens with one attached hydrogen (secondary N) is 1. The molecule has 108 valence electrons. The van der Waals surface area contributed by atoms with E-state index < -0.39 is 0 Å². The third kappa shape index (κ3) is 4.88. The van der Waals surface area contributed by atoms with Crippen molar-refractivity contribution >= 4 is 38.9 Å². The SMILES string of the molecule is N#CCCCOc1cccc(NC(=O)c2ccc(Br)s2)c1. The molecule has 0 atom stereocenters. The summed E-state index contributed by atoms with van der Waals surface area (Å²) in [6.07, 6.45) is 1.17. The molecule has 4 nitrogen and oxygen atoms in total. The summed E-state index contributed by atoms with van der Waals surface area (Å²) in [5, 5.41) is 11.3. The van der Waals surface area contributed by atoms with E-state index in [0.29, 0.717) is 35.8 Å². The predicted octanol–water partition coefficient (Wildman–Crippen LogP) is 4.45. The van der Waals surface area contributed by atoms with Crippen molar-refractivity contribution in [3.8, 4) is 11.8 Å². The van der Waals surface area contributed by atoms with Crippen molar-refractivity contribution in [2.45, 2.75) is 12.8 Å². The summed E-state index contributed by atoms with van der Waals surface area (Å²) in [6, 6.07) is 12.9. The van der Waals surface area contributed by atoms with Crippen LogP contribution in [0.15, 0.2) is 40.2 Å². The second kappa shape index (κ2) is 7.81. The van der Waals surface area contributed by atoms with Gasteiger partial charge in [-0.3, -0.25) is 4.79 Å². The number of unbranched alkanes of at least 4 members (excludes halogenated alkanes) is 1. The lowest BCUT2D eigenvalue weighted by molar-refractivity contribution is 0.103. The number of nitriles is 1. The van der Waals surface area contributed by atoms with Crippen molar-refractivity contribution in [1.29, 1.82) is 5.26 Å². The van der Waals surface area contributed by atoms with Crippen LogP contribution < -0.4 is 10.1 Å². The second-order valence-electron chi connectivity index (χ2n) is 4.20. The number of benzene rings is 1. The van der Waals surface area contributed by atoms with E-state index in [1.54, 1.807) is 12.1 Å². The number of carbonyl (C=O) groups excluding carboxylic acids is 1.